The molecule has 0 radical (unpaired) electrons. The molecule has 20 heavy (non-hydrogen) atoms. The third-order valence-corrected chi connectivity index (χ3v) is 3.37. The lowest BCUT2D eigenvalue weighted by atomic mass is 10.2. The van der Waals surface area contributed by atoms with Gasteiger partial charge in [-0.15, -0.1) is 0 Å². The predicted octanol–water partition coefficient (Wildman–Crippen LogP) is 1.32. The van der Waals surface area contributed by atoms with Crippen LogP contribution in [0.25, 0.3) is 11.0 Å². The number of hydrogen-bond donors (Lipinski definition) is 3. The van der Waals surface area contributed by atoms with Crippen molar-refractivity contribution in [2.45, 2.75) is 19.0 Å². The zero-order chi connectivity index (χ0) is 14.8. The lowest BCUT2D eigenvalue weighted by molar-refractivity contribution is -0.136. The standard InChI is InChI=1S/C12H13N2O5P/c15-12(16)6-5-10-11(7-20(17,18)19)14-9-4-2-1-3-8(9)13-10/h1-4H,5-7H2,(H,15,16)(H2,17,18,19). The summed E-state index contributed by atoms with van der Waals surface area (Å²) in [6, 6.07) is 6.91. The summed E-state index contributed by atoms with van der Waals surface area (Å²) in [4.78, 5) is 37.2. The molecule has 1 heterocycles. The van der Waals surface area contributed by atoms with E-state index in [2.05, 4.69) is 9.97 Å². The largest absolute Gasteiger partial charge is 0.481 e. The number of carboxylic acids is 1. The third-order valence-electron chi connectivity index (χ3n) is 2.66. The fourth-order valence-electron chi connectivity index (χ4n) is 1.82. The summed E-state index contributed by atoms with van der Waals surface area (Å²) in [6.45, 7) is 0. The fourth-order valence-corrected chi connectivity index (χ4v) is 2.46. The van der Waals surface area contributed by atoms with Crippen LogP contribution in [-0.4, -0.2) is 30.8 Å². The van der Waals surface area contributed by atoms with E-state index >= 15 is 0 Å². The Hall–Kier alpha value is -1.82. The molecular weight excluding hydrogens is 283 g/mol. The van der Waals surface area contributed by atoms with E-state index in [1.807, 2.05) is 0 Å². The van der Waals surface area contributed by atoms with Crippen molar-refractivity contribution in [2.75, 3.05) is 0 Å². The number of hydrogen-bond acceptors (Lipinski definition) is 4. The molecule has 0 atom stereocenters. The molecule has 7 nitrogen and oxygen atoms in total. The van der Waals surface area contributed by atoms with Crippen molar-refractivity contribution in [3.63, 3.8) is 0 Å². The van der Waals surface area contributed by atoms with Crippen LogP contribution in [0.2, 0.25) is 0 Å². The molecule has 106 valence electrons. The second kappa shape index (κ2) is 5.66. The minimum atomic E-state index is -4.29. The van der Waals surface area contributed by atoms with E-state index in [1.54, 1.807) is 24.3 Å². The summed E-state index contributed by atoms with van der Waals surface area (Å²) in [5, 5.41) is 8.71. The Morgan fingerprint density at radius 3 is 2.15 bits per heavy atom. The summed E-state index contributed by atoms with van der Waals surface area (Å²) in [7, 11) is -4.29. The molecule has 2 aromatic rings. The Labute approximate surface area is 114 Å². The van der Waals surface area contributed by atoms with Crippen LogP contribution in [0.15, 0.2) is 24.3 Å². The highest BCUT2D eigenvalue weighted by atomic mass is 31.2. The zero-order valence-electron chi connectivity index (χ0n) is 10.4. The molecule has 1 aromatic heterocycles. The van der Waals surface area contributed by atoms with Crippen molar-refractivity contribution >= 4 is 24.6 Å². The zero-order valence-corrected chi connectivity index (χ0v) is 11.3. The molecule has 0 fully saturated rings. The molecule has 0 saturated carbocycles. The van der Waals surface area contributed by atoms with Crippen LogP contribution in [-0.2, 0) is 21.9 Å². The van der Waals surface area contributed by atoms with Gasteiger partial charge in [0.2, 0.25) is 0 Å². The van der Waals surface area contributed by atoms with Crippen molar-refractivity contribution in [1.29, 1.82) is 0 Å². The predicted molar refractivity (Wildman–Crippen MR) is 71.2 cm³/mol. The van der Waals surface area contributed by atoms with Crippen LogP contribution < -0.4 is 0 Å². The average Bonchev–Trinajstić information content (AvgIpc) is 2.34. The van der Waals surface area contributed by atoms with E-state index in [0.29, 0.717) is 16.7 Å². The second-order valence-corrected chi connectivity index (χ2v) is 5.97. The van der Waals surface area contributed by atoms with Crippen molar-refractivity contribution in [2.24, 2.45) is 0 Å². The van der Waals surface area contributed by atoms with E-state index in [0.717, 1.165) is 0 Å². The van der Waals surface area contributed by atoms with Gasteiger partial charge in [0.25, 0.3) is 0 Å². The smallest absolute Gasteiger partial charge is 0.331 e. The van der Waals surface area contributed by atoms with Crippen molar-refractivity contribution in [3.8, 4) is 0 Å². The first-order valence-electron chi connectivity index (χ1n) is 5.86. The van der Waals surface area contributed by atoms with E-state index in [4.69, 9.17) is 14.9 Å². The first-order valence-corrected chi connectivity index (χ1v) is 7.66. The molecule has 0 aliphatic heterocycles. The first kappa shape index (κ1) is 14.6. The number of nitrogens with zero attached hydrogens (tertiary/aromatic N) is 2. The number of aryl methyl sites for hydroxylation is 1. The maximum atomic E-state index is 11.1. The van der Waals surface area contributed by atoms with E-state index in [-0.39, 0.29) is 18.5 Å². The number of fused-ring (bicyclic) bond motifs is 1. The van der Waals surface area contributed by atoms with Crippen molar-refractivity contribution < 1.29 is 24.3 Å². The topological polar surface area (TPSA) is 121 Å². The van der Waals surface area contributed by atoms with Crippen LogP contribution in [0.1, 0.15) is 17.8 Å². The van der Waals surface area contributed by atoms with Gasteiger partial charge in [-0.05, 0) is 12.1 Å². The van der Waals surface area contributed by atoms with Gasteiger partial charge in [0, 0.05) is 6.42 Å². The Bertz CT molecular complexity index is 697. The fraction of sp³-hybridized carbons (Fsp3) is 0.250. The molecule has 0 aliphatic carbocycles. The summed E-state index contributed by atoms with van der Waals surface area (Å²) in [5.41, 5.74) is 1.56. The van der Waals surface area contributed by atoms with Crippen molar-refractivity contribution in [1.82, 2.24) is 9.97 Å². The van der Waals surface area contributed by atoms with Crippen LogP contribution in [0.3, 0.4) is 0 Å². The lowest BCUT2D eigenvalue weighted by Gasteiger charge is -2.10. The van der Waals surface area contributed by atoms with E-state index < -0.39 is 19.7 Å². The highest BCUT2D eigenvalue weighted by molar-refractivity contribution is 7.50. The SMILES string of the molecule is O=C(O)CCc1nc2ccccc2nc1CP(=O)(O)O. The van der Waals surface area contributed by atoms with Crippen LogP contribution >= 0.6 is 7.60 Å². The van der Waals surface area contributed by atoms with Gasteiger partial charge in [-0.1, -0.05) is 12.1 Å². The molecule has 0 bridgehead atoms. The Balaban J connectivity index is 2.46. The van der Waals surface area contributed by atoms with Gasteiger partial charge in [-0.3, -0.25) is 9.36 Å². The number of rotatable bonds is 5. The maximum Gasteiger partial charge on any atom is 0.331 e. The normalized spacial score (nSPS) is 11.7. The second-order valence-electron chi connectivity index (χ2n) is 4.32. The van der Waals surface area contributed by atoms with Gasteiger partial charge in [0.1, 0.15) is 0 Å². The summed E-state index contributed by atoms with van der Waals surface area (Å²) < 4.78 is 11.1. The van der Waals surface area contributed by atoms with Crippen LogP contribution in [0, 0.1) is 0 Å². The Kier molecular flexibility index (Phi) is 4.13. The summed E-state index contributed by atoms with van der Waals surface area (Å²) >= 11 is 0. The average molecular weight is 296 g/mol. The highest BCUT2D eigenvalue weighted by Crippen LogP contribution is 2.39. The number of carbonyl (C=O) groups is 1. The van der Waals surface area contributed by atoms with Gasteiger partial charge in [0.05, 0.1) is 35.0 Å². The molecule has 0 saturated heterocycles. The molecule has 1 aromatic carbocycles. The number of aliphatic carboxylic acids is 1. The Morgan fingerprint density at radius 2 is 1.65 bits per heavy atom. The van der Waals surface area contributed by atoms with Gasteiger partial charge in [-0.2, -0.15) is 0 Å². The van der Waals surface area contributed by atoms with Gasteiger partial charge >= 0.3 is 13.6 Å². The minimum absolute atomic E-state index is 0.0858. The van der Waals surface area contributed by atoms with E-state index in [9.17, 15) is 9.36 Å². The maximum absolute atomic E-state index is 11.1. The quantitative estimate of drug-likeness (QED) is 0.711. The molecule has 0 unspecified atom stereocenters. The molecule has 3 N–H and O–H groups in total. The number of carboxylic acid groups (broad SMARTS) is 1. The number of benzene rings is 1. The molecule has 8 heteroatoms. The number of para-hydroxylation sites is 2. The van der Waals surface area contributed by atoms with Crippen LogP contribution in [0.5, 0.6) is 0 Å². The molecular formula is C12H13N2O5P. The highest BCUT2D eigenvalue weighted by Gasteiger charge is 2.20. The van der Waals surface area contributed by atoms with Crippen molar-refractivity contribution in [3.05, 3.63) is 35.7 Å². The summed E-state index contributed by atoms with van der Waals surface area (Å²) in [5.74, 6) is -0.998. The number of aromatic nitrogens is 2. The summed E-state index contributed by atoms with van der Waals surface area (Å²) in [6.07, 6.45) is -0.622. The first-order chi connectivity index (χ1) is 9.35. The molecule has 0 aliphatic rings. The third kappa shape index (κ3) is 3.84. The monoisotopic (exact) mass is 296 g/mol. The lowest BCUT2D eigenvalue weighted by Crippen LogP contribution is -2.06. The van der Waals surface area contributed by atoms with Gasteiger partial charge in [-0.25, -0.2) is 9.97 Å². The van der Waals surface area contributed by atoms with Gasteiger partial charge in [0.15, 0.2) is 0 Å². The Morgan fingerprint density at radius 1 is 1.10 bits per heavy atom. The molecule has 0 amide bonds. The minimum Gasteiger partial charge on any atom is -0.481 e. The van der Waals surface area contributed by atoms with Gasteiger partial charge < -0.3 is 14.9 Å². The molecule has 2 rings (SSSR count). The molecule has 0 spiro atoms. The van der Waals surface area contributed by atoms with E-state index in [1.165, 1.54) is 0 Å². The van der Waals surface area contributed by atoms with Crippen LogP contribution in [0.4, 0.5) is 0 Å².